The Morgan fingerprint density at radius 3 is 2.55 bits per heavy atom. The Kier molecular flexibility index (Phi) is 5.48. The van der Waals surface area contributed by atoms with Crippen LogP contribution in [-0.4, -0.2) is 30.6 Å². The number of hydrogen-bond donors (Lipinski definition) is 1. The number of nitrogens with one attached hydrogen (secondary N) is 1. The third-order valence-electron chi connectivity index (χ3n) is 6.87. The minimum Gasteiger partial charge on any atom is -0.352 e. The van der Waals surface area contributed by atoms with Crippen LogP contribution in [0.25, 0.3) is 0 Å². The zero-order chi connectivity index (χ0) is 21.4. The highest BCUT2D eigenvalue weighted by Crippen LogP contribution is 2.44. The average molecular weight is 432 g/mol. The summed E-state index contributed by atoms with van der Waals surface area (Å²) in [6.45, 7) is 5.30. The maximum absolute atomic E-state index is 5.89. The van der Waals surface area contributed by atoms with Crippen LogP contribution in [-0.2, 0) is 6.54 Å². The standard InChI is InChI=1S/C25H29N5S/c1-17-15-21(18(2)29(17)16-19-10-13-26-14-11-19)24-23(22-9-5-6-12-27-22)28-25(31)30(24)20-7-3-4-8-20/h5-6,9-15,20,23-24H,3-4,7-8,16H2,1-2H3,(H,28,31). The predicted molar refractivity (Wildman–Crippen MR) is 127 cm³/mol. The first-order chi connectivity index (χ1) is 15.1. The molecule has 1 saturated carbocycles. The summed E-state index contributed by atoms with van der Waals surface area (Å²) in [6, 6.07) is 13.4. The first kappa shape index (κ1) is 20.2. The van der Waals surface area contributed by atoms with E-state index in [0.29, 0.717) is 6.04 Å². The van der Waals surface area contributed by atoms with E-state index in [0.717, 1.165) is 17.4 Å². The second-order valence-corrected chi connectivity index (χ2v) is 9.13. The number of hydrogen-bond acceptors (Lipinski definition) is 3. The highest BCUT2D eigenvalue weighted by atomic mass is 32.1. The van der Waals surface area contributed by atoms with E-state index in [1.165, 1.54) is 48.2 Å². The number of aromatic nitrogens is 3. The Balaban J connectivity index is 1.57. The number of aryl methyl sites for hydroxylation is 1. The average Bonchev–Trinajstić information content (AvgIpc) is 3.50. The molecule has 1 N–H and O–H groups in total. The summed E-state index contributed by atoms with van der Waals surface area (Å²) < 4.78 is 2.41. The molecule has 31 heavy (non-hydrogen) atoms. The molecule has 2 fully saturated rings. The maximum atomic E-state index is 5.89. The summed E-state index contributed by atoms with van der Waals surface area (Å²) in [6.07, 6.45) is 10.6. The molecule has 3 aromatic rings. The Labute approximate surface area is 189 Å². The molecular formula is C25H29N5S. The molecule has 1 aliphatic carbocycles. The van der Waals surface area contributed by atoms with Crippen molar-refractivity contribution >= 4 is 17.3 Å². The largest absolute Gasteiger partial charge is 0.352 e. The van der Waals surface area contributed by atoms with Crippen molar-refractivity contribution in [2.45, 2.75) is 64.2 Å². The number of nitrogens with zero attached hydrogens (tertiary/aromatic N) is 4. The molecule has 1 aliphatic heterocycles. The topological polar surface area (TPSA) is 46.0 Å². The van der Waals surface area contributed by atoms with Crippen LogP contribution >= 0.6 is 12.2 Å². The van der Waals surface area contributed by atoms with E-state index < -0.39 is 0 Å². The fourth-order valence-corrected chi connectivity index (χ4v) is 5.70. The summed E-state index contributed by atoms with van der Waals surface area (Å²) in [5.41, 5.74) is 6.23. The van der Waals surface area contributed by atoms with Gasteiger partial charge in [0, 0.05) is 42.6 Å². The van der Waals surface area contributed by atoms with Gasteiger partial charge in [-0.1, -0.05) is 18.9 Å². The number of thiocarbonyl (C=S) groups is 1. The second kappa shape index (κ2) is 8.42. The summed E-state index contributed by atoms with van der Waals surface area (Å²) >= 11 is 5.89. The van der Waals surface area contributed by atoms with Gasteiger partial charge in [-0.25, -0.2) is 0 Å². The monoisotopic (exact) mass is 431 g/mol. The first-order valence-corrected chi connectivity index (χ1v) is 11.6. The van der Waals surface area contributed by atoms with Crippen LogP contribution in [0.4, 0.5) is 0 Å². The van der Waals surface area contributed by atoms with E-state index >= 15 is 0 Å². The predicted octanol–water partition coefficient (Wildman–Crippen LogP) is 4.86. The minimum absolute atomic E-state index is 0.0594. The normalized spacial score (nSPS) is 21.6. The van der Waals surface area contributed by atoms with Gasteiger partial charge in [-0.3, -0.25) is 9.97 Å². The van der Waals surface area contributed by atoms with Crippen molar-refractivity contribution in [1.82, 2.24) is 24.8 Å². The smallest absolute Gasteiger partial charge is 0.170 e. The van der Waals surface area contributed by atoms with Crippen molar-refractivity contribution in [3.8, 4) is 0 Å². The summed E-state index contributed by atoms with van der Waals surface area (Å²) in [7, 11) is 0. The van der Waals surface area contributed by atoms with Crippen LogP contribution in [0, 0.1) is 13.8 Å². The molecule has 0 aromatic carbocycles. The first-order valence-electron chi connectivity index (χ1n) is 11.2. The Morgan fingerprint density at radius 1 is 1.06 bits per heavy atom. The van der Waals surface area contributed by atoms with Crippen molar-refractivity contribution in [2.75, 3.05) is 0 Å². The summed E-state index contributed by atoms with van der Waals surface area (Å²) in [4.78, 5) is 11.3. The van der Waals surface area contributed by atoms with E-state index in [9.17, 15) is 0 Å². The molecule has 160 valence electrons. The van der Waals surface area contributed by atoms with Gasteiger partial charge >= 0.3 is 0 Å². The van der Waals surface area contributed by atoms with Crippen molar-refractivity contribution in [3.05, 3.63) is 83.2 Å². The Morgan fingerprint density at radius 2 is 1.84 bits per heavy atom. The summed E-state index contributed by atoms with van der Waals surface area (Å²) in [5, 5.41) is 4.50. The van der Waals surface area contributed by atoms with Crippen LogP contribution in [0.15, 0.2) is 55.0 Å². The highest BCUT2D eigenvalue weighted by Gasteiger charge is 2.44. The third-order valence-corrected chi connectivity index (χ3v) is 7.20. The summed E-state index contributed by atoms with van der Waals surface area (Å²) in [5.74, 6) is 0. The fourth-order valence-electron chi connectivity index (χ4n) is 5.32. The second-order valence-electron chi connectivity index (χ2n) is 8.74. The fraction of sp³-hybridized carbons (Fsp3) is 0.400. The molecule has 2 atom stereocenters. The lowest BCUT2D eigenvalue weighted by molar-refractivity contribution is 0.245. The van der Waals surface area contributed by atoms with Gasteiger partial charge in [0.05, 0.1) is 17.8 Å². The third kappa shape index (κ3) is 3.74. The van der Waals surface area contributed by atoms with Crippen molar-refractivity contribution in [2.24, 2.45) is 0 Å². The van der Waals surface area contributed by atoms with Gasteiger partial charge in [0.2, 0.25) is 0 Å². The van der Waals surface area contributed by atoms with Crippen LogP contribution < -0.4 is 5.32 Å². The minimum atomic E-state index is 0.0594. The van der Waals surface area contributed by atoms with Crippen LogP contribution in [0.3, 0.4) is 0 Å². The lowest BCUT2D eigenvalue weighted by atomic mass is 9.95. The molecule has 5 rings (SSSR count). The molecule has 0 radical (unpaired) electrons. The van der Waals surface area contributed by atoms with E-state index in [2.05, 4.69) is 63.9 Å². The van der Waals surface area contributed by atoms with Gasteiger partial charge in [-0.15, -0.1) is 0 Å². The molecule has 2 aliphatic rings. The van der Waals surface area contributed by atoms with Crippen molar-refractivity contribution < 1.29 is 0 Å². The van der Waals surface area contributed by atoms with E-state index in [1.54, 1.807) is 0 Å². The number of rotatable bonds is 5. The van der Waals surface area contributed by atoms with Crippen molar-refractivity contribution in [1.29, 1.82) is 0 Å². The molecule has 0 spiro atoms. The molecule has 0 amide bonds. The molecule has 3 aromatic heterocycles. The molecule has 1 saturated heterocycles. The van der Waals surface area contributed by atoms with Gasteiger partial charge in [0.25, 0.3) is 0 Å². The van der Waals surface area contributed by atoms with Gasteiger partial charge in [0.15, 0.2) is 5.11 Å². The van der Waals surface area contributed by atoms with Gasteiger partial charge in [0.1, 0.15) is 0 Å². The van der Waals surface area contributed by atoms with Gasteiger partial charge < -0.3 is 14.8 Å². The molecule has 4 heterocycles. The quantitative estimate of drug-likeness (QED) is 0.585. The zero-order valence-corrected chi connectivity index (χ0v) is 19.0. The van der Waals surface area contributed by atoms with Gasteiger partial charge in [-0.05, 0) is 80.4 Å². The lowest BCUT2D eigenvalue weighted by Gasteiger charge is -2.33. The lowest BCUT2D eigenvalue weighted by Crippen LogP contribution is -2.37. The van der Waals surface area contributed by atoms with E-state index in [4.69, 9.17) is 17.2 Å². The van der Waals surface area contributed by atoms with E-state index in [-0.39, 0.29) is 12.1 Å². The molecular weight excluding hydrogens is 402 g/mol. The highest BCUT2D eigenvalue weighted by molar-refractivity contribution is 7.80. The van der Waals surface area contributed by atoms with Gasteiger partial charge in [-0.2, -0.15) is 0 Å². The van der Waals surface area contributed by atoms with Crippen LogP contribution in [0.5, 0.6) is 0 Å². The van der Waals surface area contributed by atoms with Crippen molar-refractivity contribution in [3.63, 3.8) is 0 Å². The van der Waals surface area contributed by atoms with E-state index in [1.807, 2.05) is 24.7 Å². The molecule has 0 bridgehead atoms. The molecule has 2 unspecified atom stereocenters. The Bertz CT molecular complexity index is 1060. The molecule has 6 heteroatoms. The maximum Gasteiger partial charge on any atom is 0.170 e. The Hall–Kier alpha value is -2.73. The van der Waals surface area contributed by atoms with Crippen LogP contribution in [0.2, 0.25) is 0 Å². The number of pyridine rings is 2. The SMILES string of the molecule is Cc1cc(C2C(c3ccccn3)NC(=S)N2C2CCCC2)c(C)n1Cc1ccncc1. The van der Waals surface area contributed by atoms with Crippen LogP contribution in [0.1, 0.15) is 66.0 Å². The zero-order valence-electron chi connectivity index (χ0n) is 18.2. The molecule has 5 nitrogen and oxygen atoms in total.